The molecule has 1 heterocycles. The smallest absolute Gasteiger partial charge is 0.251 e. The molecular formula is C12H15ClN2O2. The Morgan fingerprint density at radius 2 is 2.29 bits per heavy atom. The third-order valence-corrected chi connectivity index (χ3v) is 3.03. The van der Waals surface area contributed by atoms with Gasteiger partial charge in [0, 0.05) is 22.9 Å². The zero-order chi connectivity index (χ0) is 12.5. The number of nitrogens with two attached hydrogens (primary N) is 1. The van der Waals surface area contributed by atoms with Gasteiger partial charge in [0.15, 0.2) is 0 Å². The summed E-state index contributed by atoms with van der Waals surface area (Å²) in [5.74, 6) is -0.174. The van der Waals surface area contributed by atoms with E-state index in [2.05, 4.69) is 5.32 Å². The van der Waals surface area contributed by atoms with Gasteiger partial charge in [-0.2, -0.15) is 0 Å². The van der Waals surface area contributed by atoms with E-state index >= 15 is 0 Å². The lowest BCUT2D eigenvalue weighted by Gasteiger charge is -2.23. The van der Waals surface area contributed by atoms with Gasteiger partial charge >= 0.3 is 0 Å². The molecule has 1 unspecified atom stereocenters. The van der Waals surface area contributed by atoms with E-state index in [1.165, 1.54) is 0 Å². The van der Waals surface area contributed by atoms with Crippen molar-refractivity contribution in [1.29, 1.82) is 0 Å². The van der Waals surface area contributed by atoms with Gasteiger partial charge in [0.05, 0.1) is 12.1 Å². The molecule has 0 saturated carbocycles. The normalized spacial score (nSPS) is 23.6. The number of ether oxygens (including phenoxy) is 1. The van der Waals surface area contributed by atoms with Crippen molar-refractivity contribution in [2.75, 3.05) is 18.9 Å². The number of hydrogen-bond acceptors (Lipinski definition) is 3. The van der Waals surface area contributed by atoms with Crippen LogP contribution < -0.4 is 11.1 Å². The first-order chi connectivity index (χ1) is 7.98. The van der Waals surface area contributed by atoms with Gasteiger partial charge < -0.3 is 15.8 Å². The van der Waals surface area contributed by atoms with Crippen LogP contribution in [0.5, 0.6) is 0 Å². The minimum Gasteiger partial charge on any atom is -0.399 e. The summed E-state index contributed by atoms with van der Waals surface area (Å²) in [5.41, 5.74) is 6.31. The molecule has 1 aliphatic rings. The second kappa shape index (κ2) is 4.55. The van der Waals surface area contributed by atoms with Crippen molar-refractivity contribution in [3.8, 4) is 0 Å². The fourth-order valence-electron chi connectivity index (χ4n) is 1.86. The summed E-state index contributed by atoms with van der Waals surface area (Å²) in [4.78, 5) is 12.0. The summed E-state index contributed by atoms with van der Waals surface area (Å²) in [6, 6.07) is 4.82. The number of carbonyl (C=O) groups is 1. The van der Waals surface area contributed by atoms with Crippen molar-refractivity contribution in [1.82, 2.24) is 5.32 Å². The van der Waals surface area contributed by atoms with Crippen LogP contribution in [-0.4, -0.2) is 24.7 Å². The van der Waals surface area contributed by atoms with Gasteiger partial charge in [0.1, 0.15) is 0 Å². The molecule has 1 fully saturated rings. The predicted molar refractivity (Wildman–Crippen MR) is 67.2 cm³/mol. The fraction of sp³-hybridized carbons (Fsp3) is 0.417. The lowest BCUT2D eigenvalue weighted by Crippen LogP contribution is -2.46. The molecule has 92 valence electrons. The number of rotatable bonds is 2. The summed E-state index contributed by atoms with van der Waals surface area (Å²) < 4.78 is 5.28. The molecule has 17 heavy (non-hydrogen) atoms. The number of nitrogen functional groups attached to an aromatic ring is 1. The lowest BCUT2D eigenvalue weighted by atomic mass is 10.0. The lowest BCUT2D eigenvalue weighted by molar-refractivity contribution is 0.0890. The SMILES string of the molecule is CC1(NC(=O)c2cc(N)cc(Cl)c2)CCOC1. The van der Waals surface area contributed by atoms with E-state index < -0.39 is 0 Å². The molecule has 1 aliphatic heterocycles. The van der Waals surface area contributed by atoms with Crippen molar-refractivity contribution in [2.24, 2.45) is 0 Å². The zero-order valence-corrected chi connectivity index (χ0v) is 10.4. The standard InChI is InChI=1S/C12H15ClN2O2/c1-12(2-3-17-7-12)15-11(16)8-4-9(13)6-10(14)5-8/h4-6H,2-3,7,14H2,1H3,(H,15,16). The van der Waals surface area contributed by atoms with Crippen molar-refractivity contribution in [2.45, 2.75) is 18.9 Å². The second-order valence-corrected chi connectivity index (χ2v) is 5.03. The van der Waals surface area contributed by atoms with Gasteiger partial charge in [0.25, 0.3) is 5.91 Å². The van der Waals surface area contributed by atoms with Gasteiger partial charge in [-0.15, -0.1) is 0 Å². The molecular weight excluding hydrogens is 240 g/mol. The van der Waals surface area contributed by atoms with Crippen molar-refractivity contribution in [3.05, 3.63) is 28.8 Å². The Kier molecular flexibility index (Phi) is 3.26. The Balaban J connectivity index is 2.14. The highest BCUT2D eigenvalue weighted by molar-refractivity contribution is 6.31. The highest BCUT2D eigenvalue weighted by Gasteiger charge is 2.31. The molecule has 0 bridgehead atoms. The maximum absolute atomic E-state index is 12.0. The minimum absolute atomic E-state index is 0.174. The highest BCUT2D eigenvalue weighted by atomic mass is 35.5. The first-order valence-electron chi connectivity index (χ1n) is 5.45. The molecule has 0 aromatic heterocycles. The van der Waals surface area contributed by atoms with Crippen LogP contribution in [0.1, 0.15) is 23.7 Å². The topological polar surface area (TPSA) is 64.4 Å². The van der Waals surface area contributed by atoms with E-state index in [1.807, 2.05) is 6.92 Å². The van der Waals surface area contributed by atoms with Crippen LogP contribution in [0, 0.1) is 0 Å². The highest BCUT2D eigenvalue weighted by Crippen LogP contribution is 2.20. The molecule has 1 amide bonds. The maximum Gasteiger partial charge on any atom is 0.251 e. The van der Waals surface area contributed by atoms with Crippen molar-refractivity contribution in [3.63, 3.8) is 0 Å². The summed E-state index contributed by atoms with van der Waals surface area (Å²) in [7, 11) is 0. The molecule has 5 heteroatoms. The Morgan fingerprint density at radius 1 is 1.53 bits per heavy atom. The van der Waals surface area contributed by atoms with E-state index in [0.29, 0.717) is 29.5 Å². The number of halogens is 1. The van der Waals surface area contributed by atoms with Crippen LogP contribution in [0.4, 0.5) is 5.69 Å². The first-order valence-corrected chi connectivity index (χ1v) is 5.83. The Bertz CT molecular complexity index is 422. The van der Waals surface area contributed by atoms with Crippen LogP contribution in [0.2, 0.25) is 5.02 Å². The van der Waals surface area contributed by atoms with E-state index in [0.717, 1.165) is 6.42 Å². The van der Waals surface area contributed by atoms with E-state index in [4.69, 9.17) is 22.1 Å². The predicted octanol–water partition coefficient (Wildman–Crippen LogP) is 1.83. The molecule has 0 spiro atoms. The van der Waals surface area contributed by atoms with Crippen LogP contribution >= 0.6 is 11.6 Å². The van der Waals surface area contributed by atoms with Gasteiger partial charge in [-0.25, -0.2) is 0 Å². The average Bonchev–Trinajstić information content (AvgIpc) is 2.63. The van der Waals surface area contributed by atoms with Gasteiger partial charge in [-0.1, -0.05) is 11.6 Å². The van der Waals surface area contributed by atoms with Crippen LogP contribution in [0.3, 0.4) is 0 Å². The molecule has 0 aliphatic carbocycles. The third kappa shape index (κ3) is 2.90. The summed E-state index contributed by atoms with van der Waals surface area (Å²) in [5, 5.41) is 3.41. The molecule has 4 nitrogen and oxygen atoms in total. The minimum atomic E-state index is -0.297. The summed E-state index contributed by atoms with van der Waals surface area (Å²) >= 11 is 5.86. The maximum atomic E-state index is 12.0. The Hall–Kier alpha value is -1.26. The number of amides is 1. The average molecular weight is 255 g/mol. The molecule has 0 radical (unpaired) electrons. The Morgan fingerprint density at radius 3 is 2.88 bits per heavy atom. The number of nitrogens with one attached hydrogen (secondary N) is 1. The number of benzene rings is 1. The Labute approximate surface area is 105 Å². The molecule has 1 saturated heterocycles. The second-order valence-electron chi connectivity index (χ2n) is 4.59. The number of anilines is 1. The summed E-state index contributed by atoms with van der Waals surface area (Å²) in [6.07, 6.45) is 0.814. The van der Waals surface area contributed by atoms with Crippen molar-refractivity contribution < 1.29 is 9.53 Å². The van der Waals surface area contributed by atoms with Crippen molar-refractivity contribution >= 4 is 23.2 Å². The fourth-order valence-corrected chi connectivity index (χ4v) is 2.10. The van der Waals surface area contributed by atoms with Crippen LogP contribution in [-0.2, 0) is 4.74 Å². The van der Waals surface area contributed by atoms with E-state index in [-0.39, 0.29) is 11.4 Å². The third-order valence-electron chi connectivity index (χ3n) is 2.82. The first kappa shape index (κ1) is 12.2. The number of hydrogen-bond donors (Lipinski definition) is 2. The van der Waals surface area contributed by atoms with Gasteiger partial charge in [-0.05, 0) is 31.5 Å². The van der Waals surface area contributed by atoms with Gasteiger partial charge in [0.2, 0.25) is 0 Å². The van der Waals surface area contributed by atoms with Gasteiger partial charge in [-0.3, -0.25) is 4.79 Å². The molecule has 2 rings (SSSR count). The quantitative estimate of drug-likeness (QED) is 0.792. The zero-order valence-electron chi connectivity index (χ0n) is 9.63. The van der Waals surface area contributed by atoms with E-state index in [1.54, 1.807) is 18.2 Å². The monoisotopic (exact) mass is 254 g/mol. The molecule has 3 N–H and O–H groups in total. The van der Waals surface area contributed by atoms with E-state index in [9.17, 15) is 4.79 Å². The van der Waals surface area contributed by atoms with Crippen LogP contribution in [0.15, 0.2) is 18.2 Å². The largest absolute Gasteiger partial charge is 0.399 e. The number of carbonyl (C=O) groups excluding carboxylic acids is 1. The summed E-state index contributed by atoms with van der Waals surface area (Å²) in [6.45, 7) is 3.18. The molecule has 1 aromatic rings. The molecule has 1 atom stereocenters. The van der Waals surface area contributed by atoms with Crippen LogP contribution in [0.25, 0.3) is 0 Å². The molecule has 1 aromatic carbocycles.